The quantitative estimate of drug-likeness (QED) is 0.830. The Labute approximate surface area is 118 Å². The van der Waals surface area contributed by atoms with Crippen LogP contribution in [0.2, 0.25) is 0 Å². The smallest absolute Gasteiger partial charge is 0.329 e. The molecule has 0 radical (unpaired) electrons. The van der Waals surface area contributed by atoms with Crippen molar-refractivity contribution in [3.8, 4) is 5.88 Å². The Bertz CT molecular complexity index is 502. The van der Waals surface area contributed by atoms with E-state index in [1.807, 2.05) is 13.8 Å². The topological polar surface area (TPSA) is 88.5 Å². The van der Waals surface area contributed by atoms with Gasteiger partial charge >= 0.3 is 5.97 Å². The standard InChI is InChI=1S/C14H20N2O4/c1-5-14(4,13(18)19)16-12(17)10-7-6-8-11(15-10)20-9(2)3/h6-9H,5H2,1-4H3,(H,16,17)(H,18,19). The summed E-state index contributed by atoms with van der Waals surface area (Å²) in [5.74, 6) is -1.28. The fourth-order valence-corrected chi connectivity index (χ4v) is 1.46. The molecule has 1 aromatic heterocycles. The lowest BCUT2D eigenvalue weighted by atomic mass is 9.99. The summed E-state index contributed by atoms with van der Waals surface area (Å²) in [6.45, 7) is 6.86. The number of pyridine rings is 1. The lowest BCUT2D eigenvalue weighted by molar-refractivity contribution is -0.143. The van der Waals surface area contributed by atoms with Crippen LogP contribution in [0, 0.1) is 0 Å². The zero-order valence-electron chi connectivity index (χ0n) is 12.1. The zero-order chi connectivity index (χ0) is 15.3. The molecule has 0 aliphatic heterocycles. The molecule has 1 rings (SSSR count). The number of hydrogen-bond acceptors (Lipinski definition) is 4. The van der Waals surface area contributed by atoms with Gasteiger partial charge in [-0.15, -0.1) is 0 Å². The minimum absolute atomic E-state index is 0.0549. The molecule has 1 atom stereocenters. The van der Waals surface area contributed by atoms with E-state index in [-0.39, 0.29) is 18.2 Å². The van der Waals surface area contributed by atoms with Gasteiger partial charge in [0.25, 0.3) is 5.91 Å². The average Bonchev–Trinajstić information content (AvgIpc) is 2.37. The largest absolute Gasteiger partial charge is 0.480 e. The maximum absolute atomic E-state index is 12.1. The Morgan fingerprint density at radius 2 is 2.10 bits per heavy atom. The van der Waals surface area contributed by atoms with Gasteiger partial charge in [0.1, 0.15) is 11.2 Å². The summed E-state index contributed by atoms with van der Waals surface area (Å²) in [5.41, 5.74) is -1.18. The minimum atomic E-state index is -1.31. The van der Waals surface area contributed by atoms with Gasteiger partial charge in [0.15, 0.2) is 0 Å². The van der Waals surface area contributed by atoms with E-state index in [1.165, 1.54) is 13.0 Å². The van der Waals surface area contributed by atoms with Crippen LogP contribution in [0.1, 0.15) is 44.6 Å². The lowest BCUT2D eigenvalue weighted by Gasteiger charge is -2.24. The van der Waals surface area contributed by atoms with E-state index < -0.39 is 17.4 Å². The number of aromatic nitrogens is 1. The van der Waals surface area contributed by atoms with Gasteiger partial charge in [-0.1, -0.05) is 13.0 Å². The van der Waals surface area contributed by atoms with Gasteiger partial charge in [0, 0.05) is 6.07 Å². The van der Waals surface area contributed by atoms with Crippen molar-refractivity contribution in [1.29, 1.82) is 0 Å². The summed E-state index contributed by atoms with van der Waals surface area (Å²) >= 11 is 0. The molecule has 0 fully saturated rings. The van der Waals surface area contributed by atoms with Gasteiger partial charge in [-0.2, -0.15) is 0 Å². The molecule has 2 N–H and O–H groups in total. The molecule has 0 bridgehead atoms. The second-order valence-corrected chi connectivity index (χ2v) is 4.97. The van der Waals surface area contributed by atoms with E-state index in [2.05, 4.69) is 10.3 Å². The molecule has 0 aliphatic carbocycles. The SMILES string of the molecule is CCC(C)(NC(=O)c1cccc(OC(C)C)n1)C(=O)O. The monoisotopic (exact) mass is 280 g/mol. The molecular weight excluding hydrogens is 260 g/mol. The number of ether oxygens (including phenoxy) is 1. The van der Waals surface area contributed by atoms with Gasteiger partial charge in [-0.25, -0.2) is 9.78 Å². The molecule has 6 heteroatoms. The van der Waals surface area contributed by atoms with E-state index in [4.69, 9.17) is 9.84 Å². The van der Waals surface area contributed by atoms with Crippen molar-refractivity contribution in [1.82, 2.24) is 10.3 Å². The molecule has 110 valence electrons. The second-order valence-electron chi connectivity index (χ2n) is 4.97. The summed E-state index contributed by atoms with van der Waals surface area (Å²) in [7, 11) is 0. The van der Waals surface area contributed by atoms with Crippen LogP contribution in [0.25, 0.3) is 0 Å². The number of carbonyl (C=O) groups is 2. The predicted octanol–water partition coefficient (Wildman–Crippen LogP) is 1.85. The van der Waals surface area contributed by atoms with Crippen molar-refractivity contribution in [2.75, 3.05) is 0 Å². The van der Waals surface area contributed by atoms with E-state index in [1.54, 1.807) is 19.1 Å². The molecular formula is C14H20N2O4. The number of nitrogens with one attached hydrogen (secondary N) is 1. The number of aliphatic carboxylic acids is 1. The van der Waals surface area contributed by atoms with Crippen LogP contribution in [-0.2, 0) is 4.79 Å². The predicted molar refractivity (Wildman–Crippen MR) is 73.8 cm³/mol. The Morgan fingerprint density at radius 3 is 2.60 bits per heavy atom. The number of nitrogens with zero attached hydrogens (tertiary/aromatic N) is 1. The maximum atomic E-state index is 12.1. The molecule has 6 nitrogen and oxygen atoms in total. The fourth-order valence-electron chi connectivity index (χ4n) is 1.46. The molecule has 1 amide bonds. The summed E-state index contributed by atoms with van der Waals surface area (Å²) < 4.78 is 5.40. The maximum Gasteiger partial charge on any atom is 0.329 e. The molecule has 20 heavy (non-hydrogen) atoms. The molecule has 0 aliphatic rings. The lowest BCUT2D eigenvalue weighted by Crippen LogP contribution is -2.51. The molecule has 0 spiro atoms. The van der Waals surface area contributed by atoms with Crippen LogP contribution >= 0.6 is 0 Å². The van der Waals surface area contributed by atoms with Gasteiger partial charge in [-0.3, -0.25) is 4.79 Å². The van der Waals surface area contributed by atoms with Crippen molar-refractivity contribution in [2.24, 2.45) is 0 Å². The van der Waals surface area contributed by atoms with Crippen LogP contribution in [0.15, 0.2) is 18.2 Å². The van der Waals surface area contributed by atoms with Crippen molar-refractivity contribution in [2.45, 2.75) is 45.8 Å². The molecule has 1 unspecified atom stereocenters. The molecule has 1 heterocycles. The first-order valence-corrected chi connectivity index (χ1v) is 6.48. The summed E-state index contributed by atoms with van der Waals surface area (Å²) in [6, 6.07) is 4.80. The Kier molecular flexibility index (Phi) is 5.07. The molecule has 0 saturated heterocycles. The highest BCUT2D eigenvalue weighted by atomic mass is 16.5. The number of carboxylic acids is 1. The van der Waals surface area contributed by atoms with Crippen LogP contribution in [0.5, 0.6) is 5.88 Å². The number of rotatable bonds is 6. The average molecular weight is 280 g/mol. The normalized spacial score (nSPS) is 13.7. The summed E-state index contributed by atoms with van der Waals surface area (Å²) in [6.07, 6.45) is 0.219. The summed E-state index contributed by atoms with van der Waals surface area (Å²) in [4.78, 5) is 27.3. The van der Waals surface area contributed by atoms with Gasteiger partial charge < -0.3 is 15.2 Å². The fraction of sp³-hybridized carbons (Fsp3) is 0.500. The Balaban J connectivity index is 2.90. The molecule has 0 aromatic carbocycles. The number of carboxylic acid groups (broad SMARTS) is 1. The van der Waals surface area contributed by atoms with E-state index in [0.29, 0.717) is 5.88 Å². The highest BCUT2D eigenvalue weighted by molar-refractivity contribution is 5.96. The third-order valence-electron chi connectivity index (χ3n) is 2.88. The first kappa shape index (κ1) is 15.9. The van der Waals surface area contributed by atoms with Crippen molar-refractivity contribution < 1.29 is 19.4 Å². The van der Waals surface area contributed by atoms with Gasteiger partial charge in [-0.05, 0) is 33.3 Å². The second kappa shape index (κ2) is 6.36. The van der Waals surface area contributed by atoms with Gasteiger partial charge in [0.05, 0.1) is 6.10 Å². The Hall–Kier alpha value is -2.11. The molecule has 0 saturated carbocycles. The third-order valence-corrected chi connectivity index (χ3v) is 2.88. The number of carbonyl (C=O) groups excluding carboxylic acids is 1. The van der Waals surface area contributed by atoms with Crippen molar-refractivity contribution in [3.05, 3.63) is 23.9 Å². The van der Waals surface area contributed by atoms with E-state index in [9.17, 15) is 9.59 Å². The molecule has 1 aromatic rings. The summed E-state index contributed by atoms with van der Waals surface area (Å²) in [5, 5.41) is 11.6. The van der Waals surface area contributed by atoms with E-state index in [0.717, 1.165) is 0 Å². The first-order chi connectivity index (χ1) is 9.28. The van der Waals surface area contributed by atoms with Crippen LogP contribution in [0.3, 0.4) is 0 Å². The minimum Gasteiger partial charge on any atom is -0.480 e. The van der Waals surface area contributed by atoms with Crippen LogP contribution < -0.4 is 10.1 Å². The Morgan fingerprint density at radius 1 is 1.45 bits per heavy atom. The van der Waals surface area contributed by atoms with Crippen molar-refractivity contribution in [3.63, 3.8) is 0 Å². The van der Waals surface area contributed by atoms with Crippen molar-refractivity contribution >= 4 is 11.9 Å². The third kappa shape index (κ3) is 3.94. The van der Waals surface area contributed by atoms with Gasteiger partial charge in [0.2, 0.25) is 5.88 Å². The number of hydrogen-bond donors (Lipinski definition) is 2. The van der Waals surface area contributed by atoms with Crippen LogP contribution in [0.4, 0.5) is 0 Å². The highest BCUT2D eigenvalue weighted by Crippen LogP contribution is 2.13. The highest BCUT2D eigenvalue weighted by Gasteiger charge is 2.33. The first-order valence-electron chi connectivity index (χ1n) is 6.48. The van der Waals surface area contributed by atoms with E-state index >= 15 is 0 Å². The number of amides is 1. The zero-order valence-corrected chi connectivity index (χ0v) is 12.1. The van der Waals surface area contributed by atoms with Crippen LogP contribution in [-0.4, -0.2) is 33.6 Å².